The number of carbonyl (C=O) groups excluding carboxylic acids is 1. The maximum atomic E-state index is 12.4. The molecule has 0 aromatic heterocycles. The molecular weight excluding hydrogens is 246 g/mol. The highest BCUT2D eigenvalue weighted by atomic mass is 32.2. The third-order valence-corrected chi connectivity index (χ3v) is 4.78. The van der Waals surface area contributed by atoms with E-state index >= 15 is 0 Å². The molecule has 0 unspecified atom stereocenters. The Labute approximate surface area is 111 Å². The fourth-order valence-corrected chi connectivity index (χ4v) is 3.65. The molecule has 0 N–H and O–H groups in total. The van der Waals surface area contributed by atoms with Crippen molar-refractivity contribution >= 4 is 17.5 Å². The van der Waals surface area contributed by atoms with Crippen LogP contribution in [0, 0.1) is 5.92 Å². The molecule has 1 aromatic rings. The molecule has 1 saturated heterocycles. The Balaban J connectivity index is 1.70. The zero-order valence-electron chi connectivity index (χ0n) is 10.3. The molecule has 3 rings (SSSR count). The number of hydrogen-bond acceptors (Lipinski definition) is 4. The maximum absolute atomic E-state index is 12.4. The summed E-state index contributed by atoms with van der Waals surface area (Å²) in [6.07, 6.45) is 0. The van der Waals surface area contributed by atoms with Crippen molar-refractivity contribution in [3.63, 3.8) is 0 Å². The summed E-state index contributed by atoms with van der Waals surface area (Å²) in [5.41, 5.74) is 0.909. The van der Waals surface area contributed by atoms with E-state index in [0.29, 0.717) is 5.78 Å². The van der Waals surface area contributed by atoms with Gasteiger partial charge in [-0.05, 0) is 6.07 Å². The van der Waals surface area contributed by atoms with Gasteiger partial charge < -0.3 is 4.74 Å². The molecule has 96 valence electrons. The topological polar surface area (TPSA) is 29.5 Å². The summed E-state index contributed by atoms with van der Waals surface area (Å²) in [7, 11) is 0. The third-order valence-electron chi connectivity index (χ3n) is 3.55. The van der Waals surface area contributed by atoms with Crippen molar-refractivity contribution in [1.82, 2.24) is 4.90 Å². The van der Waals surface area contributed by atoms with E-state index in [9.17, 15) is 4.79 Å². The highest BCUT2D eigenvalue weighted by Gasteiger charge is 2.29. The number of ether oxygens (including phenoxy) is 1. The summed E-state index contributed by atoms with van der Waals surface area (Å²) < 4.78 is 5.34. The molecule has 2 aliphatic heterocycles. The first-order valence-electron chi connectivity index (χ1n) is 6.41. The number of nitrogens with zero attached hydrogens (tertiary/aromatic N) is 1. The summed E-state index contributed by atoms with van der Waals surface area (Å²) in [6, 6.07) is 7.95. The van der Waals surface area contributed by atoms with Gasteiger partial charge in [0.2, 0.25) is 0 Å². The van der Waals surface area contributed by atoms with Crippen LogP contribution in [-0.4, -0.2) is 49.3 Å². The van der Waals surface area contributed by atoms with E-state index in [1.54, 1.807) is 0 Å². The molecule has 1 atom stereocenters. The SMILES string of the molecule is O=C1c2ccccc2SC[C@@H]1CN1CCOCC1. The van der Waals surface area contributed by atoms with Crippen LogP contribution >= 0.6 is 11.8 Å². The monoisotopic (exact) mass is 263 g/mol. The molecule has 2 aliphatic rings. The van der Waals surface area contributed by atoms with Crippen LogP contribution in [0.3, 0.4) is 0 Å². The average Bonchev–Trinajstić information content (AvgIpc) is 2.43. The number of benzene rings is 1. The van der Waals surface area contributed by atoms with E-state index in [4.69, 9.17) is 4.74 Å². The Kier molecular flexibility index (Phi) is 3.68. The molecule has 4 heteroatoms. The van der Waals surface area contributed by atoms with Gasteiger partial charge in [-0.2, -0.15) is 0 Å². The Morgan fingerprint density at radius 2 is 2.06 bits per heavy atom. The zero-order chi connectivity index (χ0) is 12.4. The zero-order valence-corrected chi connectivity index (χ0v) is 11.1. The molecule has 0 radical (unpaired) electrons. The van der Waals surface area contributed by atoms with Gasteiger partial charge in [0.15, 0.2) is 5.78 Å². The van der Waals surface area contributed by atoms with Crippen LogP contribution < -0.4 is 0 Å². The summed E-state index contributed by atoms with van der Waals surface area (Å²) in [6.45, 7) is 4.38. The first-order chi connectivity index (χ1) is 8.84. The van der Waals surface area contributed by atoms with E-state index in [2.05, 4.69) is 4.90 Å². The van der Waals surface area contributed by atoms with Gasteiger partial charge in [-0.25, -0.2) is 0 Å². The smallest absolute Gasteiger partial charge is 0.169 e. The molecule has 3 nitrogen and oxygen atoms in total. The van der Waals surface area contributed by atoms with Crippen LogP contribution in [0.1, 0.15) is 10.4 Å². The highest BCUT2D eigenvalue weighted by molar-refractivity contribution is 7.99. The van der Waals surface area contributed by atoms with Crippen molar-refractivity contribution in [1.29, 1.82) is 0 Å². The van der Waals surface area contributed by atoms with Gasteiger partial charge in [0.1, 0.15) is 0 Å². The predicted molar refractivity (Wildman–Crippen MR) is 72.2 cm³/mol. The summed E-state index contributed by atoms with van der Waals surface area (Å²) in [4.78, 5) is 15.9. The molecule has 0 amide bonds. The van der Waals surface area contributed by atoms with Crippen LogP contribution in [0.5, 0.6) is 0 Å². The van der Waals surface area contributed by atoms with E-state index < -0.39 is 0 Å². The Bertz CT molecular complexity index is 443. The standard InChI is InChI=1S/C14H17NO2S/c16-14-11(9-15-5-7-17-8-6-15)10-18-13-4-2-1-3-12(13)14/h1-4,11H,5-10H2/t11-/m0/s1. The molecule has 0 aliphatic carbocycles. The van der Waals surface area contributed by atoms with E-state index in [-0.39, 0.29) is 5.92 Å². The molecule has 0 saturated carbocycles. The first-order valence-corrected chi connectivity index (χ1v) is 7.39. The summed E-state index contributed by atoms with van der Waals surface area (Å²) in [5, 5.41) is 0. The molecule has 0 spiro atoms. The van der Waals surface area contributed by atoms with Crippen molar-refractivity contribution in [3.05, 3.63) is 29.8 Å². The molecule has 18 heavy (non-hydrogen) atoms. The van der Waals surface area contributed by atoms with Crippen molar-refractivity contribution < 1.29 is 9.53 Å². The lowest BCUT2D eigenvalue weighted by Gasteiger charge is -2.31. The lowest BCUT2D eigenvalue weighted by Crippen LogP contribution is -2.42. The lowest BCUT2D eigenvalue weighted by atomic mass is 9.98. The van der Waals surface area contributed by atoms with Crippen LogP contribution in [0.25, 0.3) is 0 Å². The van der Waals surface area contributed by atoms with Crippen molar-refractivity contribution in [3.8, 4) is 0 Å². The highest BCUT2D eigenvalue weighted by Crippen LogP contribution is 2.33. The van der Waals surface area contributed by atoms with E-state index in [1.807, 2.05) is 36.0 Å². The van der Waals surface area contributed by atoms with Crippen LogP contribution in [0.4, 0.5) is 0 Å². The van der Waals surface area contributed by atoms with Crippen molar-refractivity contribution in [2.24, 2.45) is 5.92 Å². The molecule has 2 heterocycles. The average molecular weight is 263 g/mol. The van der Waals surface area contributed by atoms with Crippen molar-refractivity contribution in [2.45, 2.75) is 4.90 Å². The normalized spacial score (nSPS) is 24.9. The summed E-state index contributed by atoms with van der Waals surface area (Å²) in [5.74, 6) is 1.37. The number of fused-ring (bicyclic) bond motifs is 1. The number of thioether (sulfide) groups is 1. The quantitative estimate of drug-likeness (QED) is 0.815. The second-order valence-electron chi connectivity index (χ2n) is 4.78. The van der Waals surface area contributed by atoms with Gasteiger partial charge in [0.25, 0.3) is 0 Å². The molecule has 1 aromatic carbocycles. The minimum Gasteiger partial charge on any atom is -0.379 e. The molecule has 1 fully saturated rings. The van der Waals surface area contributed by atoms with Gasteiger partial charge in [0.05, 0.1) is 13.2 Å². The fourth-order valence-electron chi connectivity index (χ4n) is 2.51. The van der Waals surface area contributed by atoms with Gasteiger partial charge in [-0.15, -0.1) is 11.8 Å². The van der Waals surface area contributed by atoms with Gasteiger partial charge in [-0.1, -0.05) is 18.2 Å². The van der Waals surface area contributed by atoms with Crippen LogP contribution in [0.2, 0.25) is 0 Å². The second kappa shape index (κ2) is 5.43. The molecular formula is C14H17NO2S. The Morgan fingerprint density at radius 3 is 2.89 bits per heavy atom. The van der Waals surface area contributed by atoms with Gasteiger partial charge in [-0.3, -0.25) is 9.69 Å². The Hall–Kier alpha value is -0.840. The minimum atomic E-state index is 0.142. The number of ketones is 1. The van der Waals surface area contributed by atoms with Crippen LogP contribution in [0.15, 0.2) is 29.2 Å². The fraction of sp³-hybridized carbons (Fsp3) is 0.500. The first kappa shape index (κ1) is 12.2. The number of morpholine rings is 1. The number of Topliss-reactive ketones (excluding diaryl/α,β-unsaturated/α-hetero) is 1. The van der Waals surface area contributed by atoms with Crippen molar-refractivity contribution in [2.75, 3.05) is 38.6 Å². The minimum absolute atomic E-state index is 0.142. The largest absolute Gasteiger partial charge is 0.379 e. The van der Waals surface area contributed by atoms with Gasteiger partial charge >= 0.3 is 0 Å². The number of rotatable bonds is 2. The summed E-state index contributed by atoms with van der Waals surface area (Å²) >= 11 is 1.81. The third kappa shape index (κ3) is 2.46. The molecule has 0 bridgehead atoms. The number of hydrogen-bond donors (Lipinski definition) is 0. The lowest BCUT2D eigenvalue weighted by molar-refractivity contribution is 0.0314. The predicted octanol–water partition coefficient (Wildman–Crippen LogP) is 1.92. The van der Waals surface area contributed by atoms with Gasteiger partial charge in [0, 0.05) is 41.8 Å². The van der Waals surface area contributed by atoms with Crippen LogP contribution in [-0.2, 0) is 4.74 Å². The maximum Gasteiger partial charge on any atom is 0.169 e. The van der Waals surface area contributed by atoms with E-state index in [0.717, 1.165) is 49.1 Å². The second-order valence-corrected chi connectivity index (χ2v) is 5.84. The number of carbonyl (C=O) groups is 1. The Morgan fingerprint density at radius 1 is 1.28 bits per heavy atom. The van der Waals surface area contributed by atoms with E-state index in [1.165, 1.54) is 0 Å².